The van der Waals surface area contributed by atoms with Crippen LogP contribution >= 0.6 is 22.9 Å². The predicted molar refractivity (Wildman–Crippen MR) is 104 cm³/mol. The summed E-state index contributed by atoms with van der Waals surface area (Å²) in [6, 6.07) is 15.4. The molecule has 0 aliphatic rings. The summed E-state index contributed by atoms with van der Waals surface area (Å²) in [6.07, 6.45) is 0. The largest absolute Gasteiger partial charge is 0.316 e. The molecule has 1 aromatic heterocycles. The van der Waals surface area contributed by atoms with Crippen LogP contribution in [0.5, 0.6) is 0 Å². The molecule has 2 aromatic carbocycles. The maximum absolute atomic E-state index is 12.0. The minimum atomic E-state index is -3.83. The smallest absolute Gasteiger partial charge is 0.248 e. The van der Waals surface area contributed by atoms with Crippen LogP contribution in [0.4, 0.5) is 0 Å². The van der Waals surface area contributed by atoms with Gasteiger partial charge in [-0.15, -0.1) is 11.3 Å². The third kappa shape index (κ3) is 3.63. The first-order valence-electron chi connectivity index (χ1n) is 7.55. The van der Waals surface area contributed by atoms with E-state index in [9.17, 15) is 8.42 Å². The maximum atomic E-state index is 12.0. The van der Waals surface area contributed by atoms with Crippen LogP contribution in [-0.4, -0.2) is 15.5 Å². The number of sulfonamides is 1. The number of hydrogen-bond donors (Lipinski definition) is 2. The van der Waals surface area contributed by atoms with Crippen LogP contribution in [0.2, 0.25) is 5.02 Å². The highest BCUT2D eigenvalue weighted by molar-refractivity contribution is 7.91. The highest BCUT2D eigenvalue weighted by atomic mass is 35.5. The topological polar surface area (TPSA) is 72.2 Å². The van der Waals surface area contributed by atoms with E-state index >= 15 is 0 Å². The Morgan fingerprint density at radius 2 is 1.80 bits per heavy atom. The average molecular weight is 393 g/mol. The van der Waals surface area contributed by atoms with Gasteiger partial charge >= 0.3 is 0 Å². The van der Waals surface area contributed by atoms with E-state index in [-0.39, 0.29) is 4.21 Å². The van der Waals surface area contributed by atoms with Crippen molar-refractivity contribution in [2.24, 2.45) is 5.14 Å². The fraction of sp³-hybridized carbons (Fsp3) is 0.111. The van der Waals surface area contributed by atoms with Crippen LogP contribution in [0.15, 0.2) is 58.1 Å². The van der Waals surface area contributed by atoms with Gasteiger partial charge in [0.15, 0.2) is 0 Å². The van der Waals surface area contributed by atoms with Crippen LogP contribution < -0.4 is 10.5 Å². The first-order valence-corrected chi connectivity index (χ1v) is 10.4. The van der Waals surface area contributed by atoms with Crippen molar-refractivity contribution in [3.05, 3.63) is 64.5 Å². The molecule has 130 valence electrons. The van der Waals surface area contributed by atoms with E-state index in [0.717, 1.165) is 28.0 Å². The third-order valence-corrected chi connectivity index (χ3v) is 6.69. The summed E-state index contributed by atoms with van der Waals surface area (Å²) < 4.78 is 24.1. The van der Waals surface area contributed by atoms with Gasteiger partial charge in [0.25, 0.3) is 0 Å². The van der Waals surface area contributed by atoms with E-state index in [1.165, 1.54) is 0 Å². The lowest BCUT2D eigenvalue weighted by Crippen LogP contribution is -2.12. The van der Waals surface area contributed by atoms with Crippen molar-refractivity contribution < 1.29 is 8.42 Å². The Morgan fingerprint density at radius 1 is 1.08 bits per heavy atom. The normalized spacial score (nSPS) is 11.6. The summed E-state index contributed by atoms with van der Waals surface area (Å²) in [5.74, 6) is 0. The molecule has 0 fully saturated rings. The number of rotatable bonds is 5. The van der Waals surface area contributed by atoms with E-state index in [4.69, 9.17) is 16.7 Å². The van der Waals surface area contributed by atoms with Gasteiger partial charge in [0.2, 0.25) is 10.0 Å². The quantitative estimate of drug-likeness (QED) is 0.686. The van der Waals surface area contributed by atoms with E-state index in [1.54, 1.807) is 11.4 Å². The number of halogens is 1. The zero-order valence-electron chi connectivity index (χ0n) is 13.5. The summed E-state index contributed by atoms with van der Waals surface area (Å²) >= 11 is 7.78. The molecule has 7 heteroatoms. The first kappa shape index (κ1) is 18.1. The van der Waals surface area contributed by atoms with E-state index < -0.39 is 10.0 Å². The van der Waals surface area contributed by atoms with Crippen molar-refractivity contribution in [3.63, 3.8) is 0 Å². The zero-order valence-corrected chi connectivity index (χ0v) is 15.9. The molecular weight excluding hydrogens is 376 g/mol. The van der Waals surface area contributed by atoms with Gasteiger partial charge in [-0.3, -0.25) is 0 Å². The summed E-state index contributed by atoms with van der Waals surface area (Å²) in [4.78, 5) is 0. The molecule has 1 heterocycles. The lowest BCUT2D eigenvalue weighted by molar-refractivity contribution is 0.600. The molecule has 0 radical (unpaired) electrons. The van der Waals surface area contributed by atoms with Crippen molar-refractivity contribution in [2.45, 2.75) is 10.8 Å². The van der Waals surface area contributed by atoms with Crippen LogP contribution in [0.1, 0.15) is 5.56 Å². The van der Waals surface area contributed by atoms with E-state index in [0.29, 0.717) is 22.7 Å². The van der Waals surface area contributed by atoms with Gasteiger partial charge < -0.3 is 5.32 Å². The number of nitrogens with one attached hydrogen (secondary N) is 1. The summed E-state index contributed by atoms with van der Waals surface area (Å²) in [5.41, 5.74) is 3.95. The van der Waals surface area contributed by atoms with Gasteiger partial charge in [-0.25, -0.2) is 13.6 Å². The van der Waals surface area contributed by atoms with Crippen molar-refractivity contribution >= 4 is 33.0 Å². The second-order valence-electron chi connectivity index (χ2n) is 5.52. The first-order chi connectivity index (χ1) is 11.9. The lowest BCUT2D eigenvalue weighted by atomic mass is 9.94. The third-order valence-electron chi connectivity index (χ3n) is 3.83. The summed E-state index contributed by atoms with van der Waals surface area (Å²) in [7, 11) is -2.00. The van der Waals surface area contributed by atoms with Gasteiger partial charge in [0.05, 0.1) is 5.02 Å². The Kier molecular flexibility index (Phi) is 5.27. The zero-order chi connectivity index (χ0) is 18.0. The molecule has 0 saturated carbocycles. The minimum Gasteiger partial charge on any atom is -0.316 e. The number of hydrogen-bond acceptors (Lipinski definition) is 4. The number of benzene rings is 2. The van der Waals surface area contributed by atoms with Crippen LogP contribution in [-0.2, 0) is 16.6 Å². The minimum absolute atomic E-state index is 0.119. The van der Waals surface area contributed by atoms with Crippen molar-refractivity contribution in [2.75, 3.05) is 7.05 Å². The Morgan fingerprint density at radius 3 is 2.44 bits per heavy atom. The molecule has 0 saturated heterocycles. The molecule has 3 aromatic rings. The van der Waals surface area contributed by atoms with Gasteiger partial charge in [-0.1, -0.05) is 54.1 Å². The van der Waals surface area contributed by atoms with Gasteiger partial charge in [-0.05, 0) is 35.2 Å². The maximum Gasteiger partial charge on any atom is 0.248 e. The van der Waals surface area contributed by atoms with Gasteiger partial charge in [0.1, 0.15) is 4.21 Å². The molecule has 0 aliphatic heterocycles. The second kappa shape index (κ2) is 7.27. The standard InChI is InChI=1S/C18H17ClN2O2S2/c1-21-11-13-7-8-14(12-5-3-2-4-6-12)16(17(13)19)15-9-10-24-18(15)25(20,22)23/h2-10,21H,11H2,1H3,(H2,20,22,23). The molecule has 3 N–H and O–H groups in total. The Bertz CT molecular complexity index is 999. The summed E-state index contributed by atoms with van der Waals surface area (Å²) in [6.45, 7) is 0.579. The number of primary sulfonamides is 1. The Balaban J connectivity index is 2.34. The monoisotopic (exact) mass is 392 g/mol. The number of thiophene rings is 1. The van der Waals surface area contributed by atoms with E-state index in [1.807, 2.05) is 49.5 Å². The molecule has 0 unspecified atom stereocenters. The van der Waals surface area contributed by atoms with Crippen molar-refractivity contribution in [3.8, 4) is 22.3 Å². The fourth-order valence-electron chi connectivity index (χ4n) is 2.77. The lowest BCUT2D eigenvalue weighted by Gasteiger charge is -2.16. The van der Waals surface area contributed by atoms with E-state index in [2.05, 4.69) is 5.32 Å². The molecule has 0 spiro atoms. The van der Waals surface area contributed by atoms with Gasteiger partial charge in [-0.2, -0.15) is 0 Å². The highest BCUT2D eigenvalue weighted by Crippen LogP contribution is 2.43. The molecule has 3 rings (SSSR count). The SMILES string of the molecule is CNCc1ccc(-c2ccccc2)c(-c2ccsc2S(N)(=O)=O)c1Cl. The summed E-state index contributed by atoms with van der Waals surface area (Å²) in [5, 5.41) is 10.7. The molecule has 4 nitrogen and oxygen atoms in total. The van der Waals surface area contributed by atoms with Crippen molar-refractivity contribution in [1.82, 2.24) is 5.32 Å². The predicted octanol–water partition coefficient (Wildman–Crippen LogP) is 4.10. The Hall–Kier alpha value is -1.70. The molecule has 25 heavy (non-hydrogen) atoms. The second-order valence-corrected chi connectivity index (χ2v) is 8.58. The van der Waals surface area contributed by atoms with Crippen LogP contribution in [0.3, 0.4) is 0 Å². The molecule has 0 bridgehead atoms. The Labute approximate surface area is 156 Å². The number of nitrogens with two attached hydrogens (primary N) is 1. The van der Waals surface area contributed by atoms with Crippen LogP contribution in [0, 0.1) is 0 Å². The molecule has 0 amide bonds. The fourth-order valence-corrected chi connectivity index (χ4v) is 4.91. The molecular formula is C18H17ClN2O2S2. The molecule has 0 aliphatic carbocycles. The van der Waals surface area contributed by atoms with Crippen molar-refractivity contribution in [1.29, 1.82) is 0 Å². The average Bonchev–Trinajstić information content (AvgIpc) is 3.07. The van der Waals surface area contributed by atoms with Gasteiger partial charge in [0, 0.05) is 17.7 Å². The molecule has 0 atom stereocenters. The van der Waals surface area contributed by atoms with Crippen LogP contribution in [0.25, 0.3) is 22.3 Å². The highest BCUT2D eigenvalue weighted by Gasteiger charge is 2.23.